The van der Waals surface area contributed by atoms with Gasteiger partial charge in [-0.15, -0.1) is 0 Å². The molecule has 1 heterocycles. The number of nitriles is 1. The van der Waals surface area contributed by atoms with Crippen molar-refractivity contribution in [3.8, 4) is 6.07 Å². The van der Waals surface area contributed by atoms with Gasteiger partial charge in [0, 0.05) is 11.3 Å². The minimum Gasteiger partial charge on any atom is -0.383 e. The van der Waals surface area contributed by atoms with E-state index >= 15 is 0 Å². The predicted octanol–water partition coefficient (Wildman–Crippen LogP) is 2.24. The van der Waals surface area contributed by atoms with Crippen molar-refractivity contribution in [3.05, 3.63) is 41.7 Å². The molecule has 0 saturated heterocycles. The minimum atomic E-state index is 0.489. The van der Waals surface area contributed by atoms with Crippen LogP contribution in [-0.4, -0.2) is 9.97 Å². The molecule has 0 radical (unpaired) electrons. The highest BCUT2D eigenvalue weighted by Crippen LogP contribution is 2.22. The Morgan fingerprint density at radius 1 is 1.28 bits per heavy atom. The molecule has 1 aromatic carbocycles. The molecule has 0 bridgehead atoms. The van der Waals surface area contributed by atoms with Gasteiger partial charge in [0.25, 0.3) is 0 Å². The normalized spacial score (nSPS) is 9.78. The second-order valence-electron chi connectivity index (χ2n) is 3.75. The van der Waals surface area contributed by atoms with E-state index in [1.165, 1.54) is 6.33 Å². The Bertz CT molecular complexity index is 583. The summed E-state index contributed by atoms with van der Waals surface area (Å²) in [6.45, 7) is 2.00. The first-order valence-corrected chi connectivity index (χ1v) is 5.61. The van der Waals surface area contributed by atoms with E-state index in [0.29, 0.717) is 17.2 Å². The number of benzene rings is 1. The molecule has 3 N–H and O–H groups in total. The van der Waals surface area contributed by atoms with Gasteiger partial charge in [0.05, 0.1) is 11.6 Å². The second-order valence-corrected chi connectivity index (χ2v) is 3.75. The molecule has 1 aromatic heterocycles. The maximum absolute atomic E-state index is 8.73. The molecule has 18 heavy (non-hydrogen) atoms. The third kappa shape index (κ3) is 2.38. The Labute approximate surface area is 105 Å². The Balaban J connectivity index is 2.28. The molecule has 0 fully saturated rings. The molecule has 0 amide bonds. The molecule has 0 atom stereocenters. The lowest BCUT2D eigenvalue weighted by Crippen LogP contribution is -2.04. The Morgan fingerprint density at radius 2 is 2.00 bits per heavy atom. The highest BCUT2D eigenvalue weighted by atomic mass is 15.0. The summed E-state index contributed by atoms with van der Waals surface area (Å²) in [6.07, 6.45) is 2.19. The maximum atomic E-state index is 8.73. The lowest BCUT2D eigenvalue weighted by atomic mass is 10.2. The summed E-state index contributed by atoms with van der Waals surface area (Å²) in [6, 6.07) is 9.23. The number of nitrogens with two attached hydrogens (primary N) is 1. The van der Waals surface area contributed by atoms with Crippen LogP contribution in [0.1, 0.15) is 18.1 Å². The maximum Gasteiger partial charge on any atom is 0.139 e. The minimum absolute atomic E-state index is 0.489. The average molecular weight is 239 g/mol. The first-order chi connectivity index (χ1) is 8.74. The SMILES string of the molecule is CCc1c(N)ncnc1Nc1ccc(C#N)cc1. The largest absolute Gasteiger partial charge is 0.383 e. The molecular formula is C13H13N5. The van der Waals surface area contributed by atoms with E-state index in [1.54, 1.807) is 12.1 Å². The number of nitrogens with one attached hydrogen (secondary N) is 1. The zero-order valence-corrected chi connectivity index (χ0v) is 10.0. The highest BCUT2D eigenvalue weighted by Gasteiger charge is 2.07. The zero-order chi connectivity index (χ0) is 13.0. The molecule has 0 saturated carbocycles. The monoisotopic (exact) mass is 239 g/mol. The summed E-state index contributed by atoms with van der Waals surface area (Å²) >= 11 is 0. The lowest BCUT2D eigenvalue weighted by molar-refractivity contribution is 1.06. The van der Waals surface area contributed by atoms with Crippen molar-refractivity contribution in [2.24, 2.45) is 0 Å². The number of rotatable bonds is 3. The van der Waals surface area contributed by atoms with Gasteiger partial charge in [0.2, 0.25) is 0 Å². The molecule has 0 unspecified atom stereocenters. The predicted molar refractivity (Wildman–Crippen MR) is 70.3 cm³/mol. The van der Waals surface area contributed by atoms with E-state index in [1.807, 2.05) is 19.1 Å². The molecule has 0 aliphatic rings. The van der Waals surface area contributed by atoms with Gasteiger partial charge in [-0.05, 0) is 30.7 Å². The molecular weight excluding hydrogens is 226 g/mol. The van der Waals surface area contributed by atoms with Crippen LogP contribution in [0.25, 0.3) is 0 Å². The summed E-state index contributed by atoms with van der Waals surface area (Å²) in [5.74, 6) is 1.19. The summed E-state index contributed by atoms with van der Waals surface area (Å²) in [7, 11) is 0. The standard InChI is InChI=1S/C13H13N5/c1-2-11-12(15)16-8-17-13(11)18-10-5-3-9(7-14)4-6-10/h3-6,8H,2H2,1H3,(H3,15,16,17,18). The first kappa shape index (κ1) is 11.9. The van der Waals surface area contributed by atoms with Crippen molar-refractivity contribution in [2.75, 3.05) is 11.1 Å². The van der Waals surface area contributed by atoms with Gasteiger partial charge in [-0.3, -0.25) is 0 Å². The van der Waals surface area contributed by atoms with Crippen molar-refractivity contribution in [1.82, 2.24) is 9.97 Å². The number of anilines is 3. The second kappa shape index (κ2) is 5.15. The molecule has 5 nitrogen and oxygen atoms in total. The Hall–Kier alpha value is -2.61. The number of hydrogen-bond acceptors (Lipinski definition) is 5. The third-order valence-corrected chi connectivity index (χ3v) is 2.61. The Morgan fingerprint density at radius 3 is 2.61 bits per heavy atom. The molecule has 0 aliphatic carbocycles. The summed E-state index contributed by atoms with van der Waals surface area (Å²) in [5, 5.41) is 11.9. The molecule has 2 rings (SSSR count). The third-order valence-electron chi connectivity index (χ3n) is 2.61. The van der Waals surface area contributed by atoms with E-state index in [0.717, 1.165) is 17.7 Å². The van der Waals surface area contributed by atoms with Crippen LogP contribution in [0.3, 0.4) is 0 Å². The van der Waals surface area contributed by atoms with Crippen LogP contribution in [0.15, 0.2) is 30.6 Å². The topological polar surface area (TPSA) is 87.6 Å². The van der Waals surface area contributed by atoms with Crippen molar-refractivity contribution in [1.29, 1.82) is 5.26 Å². The number of nitrogens with zero attached hydrogens (tertiary/aromatic N) is 3. The van der Waals surface area contributed by atoms with Crippen LogP contribution in [0.5, 0.6) is 0 Å². The fraction of sp³-hybridized carbons (Fsp3) is 0.154. The molecule has 0 spiro atoms. The smallest absolute Gasteiger partial charge is 0.139 e. The summed E-state index contributed by atoms with van der Waals surface area (Å²) < 4.78 is 0. The van der Waals surface area contributed by atoms with Gasteiger partial charge in [-0.25, -0.2) is 9.97 Å². The summed E-state index contributed by atoms with van der Waals surface area (Å²) in [5.41, 5.74) is 8.17. The Kier molecular flexibility index (Phi) is 3.39. The van der Waals surface area contributed by atoms with Gasteiger partial charge in [0.1, 0.15) is 18.0 Å². The van der Waals surface area contributed by atoms with E-state index < -0.39 is 0 Å². The van der Waals surface area contributed by atoms with Crippen molar-refractivity contribution in [2.45, 2.75) is 13.3 Å². The first-order valence-electron chi connectivity index (χ1n) is 5.61. The fourth-order valence-corrected chi connectivity index (χ4v) is 1.65. The van der Waals surface area contributed by atoms with Gasteiger partial charge in [0.15, 0.2) is 0 Å². The van der Waals surface area contributed by atoms with E-state index in [2.05, 4.69) is 21.4 Å². The van der Waals surface area contributed by atoms with Crippen LogP contribution >= 0.6 is 0 Å². The van der Waals surface area contributed by atoms with Crippen molar-refractivity contribution < 1.29 is 0 Å². The lowest BCUT2D eigenvalue weighted by Gasteiger charge is -2.10. The van der Waals surface area contributed by atoms with Gasteiger partial charge >= 0.3 is 0 Å². The number of nitrogen functional groups attached to an aromatic ring is 1. The quantitative estimate of drug-likeness (QED) is 0.857. The van der Waals surface area contributed by atoms with E-state index in [9.17, 15) is 0 Å². The van der Waals surface area contributed by atoms with Crippen LogP contribution in [0.2, 0.25) is 0 Å². The highest BCUT2D eigenvalue weighted by molar-refractivity contribution is 5.64. The van der Waals surface area contributed by atoms with E-state index in [-0.39, 0.29) is 0 Å². The number of hydrogen-bond donors (Lipinski definition) is 2. The molecule has 0 aliphatic heterocycles. The van der Waals surface area contributed by atoms with Crippen molar-refractivity contribution >= 4 is 17.3 Å². The fourth-order valence-electron chi connectivity index (χ4n) is 1.65. The van der Waals surface area contributed by atoms with E-state index in [4.69, 9.17) is 11.0 Å². The van der Waals surface area contributed by atoms with Crippen LogP contribution in [0.4, 0.5) is 17.3 Å². The number of aromatic nitrogens is 2. The average Bonchev–Trinajstić information content (AvgIpc) is 2.40. The van der Waals surface area contributed by atoms with Gasteiger partial charge in [-0.1, -0.05) is 6.92 Å². The molecule has 5 heteroatoms. The van der Waals surface area contributed by atoms with Crippen LogP contribution in [0, 0.1) is 11.3 Å². The molecule has 2 aromatic rings. The molecule has 90 valence electrons. The van der Waals surface area contributed by atoms with Gasteiger partial charge in [-0.2, -0.15) is 5.26 Å². The van der Waals surface area contributed by atoms with Crippen LogP contribution in [-0.2, 0) is 6.42 Å². The summed E-state index contributed by atoms with van der Waals surface area (Å²) in [4.78, 5) is 8.14. The van der Waals surface area contributed by atoms with Gasteiger partial charge < -0.3 is 11.1 Å². The van der Waals surface area contributed by atoms with Crippen LogP contribution < -0.4 is 11.1 Å². The van der Waals surface area contributed by atoms with Crippen molar-refractivity contribution in [3.63, 3.8) is 0 Å². The zero-order valence-electron chi connectivity index (χ0n) is 10.0.